The van der Waals surface area contributed by atoms with E-state index in [2.05, 4.69) is 22.3 Å². The molecule has 0 bridgehead atoms. The van der Waals surface area contributed by atoms with Crippen molar-refractivity contribution in [2.24, 2.45) is 5.92 Å². The summed E-state index contributed by atoms with van der Waals surface area (Å²) in [6.45, 7) is 4.81. The summed E-state index contributed by atoms with van der Waals surface area (Å²) in [6.07, 6.45) is 2.46. The molecule has 1 heterocycles. The maximum Gasteiger partial charge on any atom is 0.0406 e. The quantitative estimate of drug-likeness (QED) is 0.866. The summed E-state index contributed by atoms with van der Waals surface area (Å²) in [7, 11) is 2.04. The molecule has 1 unspecified atom stereocenters. The summed E-state index contributed by atoms with van der Waals surface area (Å²) in [5.41, 5.74) is 1.38. The number of nitrogens with zero attached hydrogens (tertiary/aromatic N) is 1. The first-order valence-electron chi connectivity index (χ1n) is 6.39. The molecule has 0 aromatic heterocycles. The average molecular weight is 253 g/mol. The minimum atomic E-state index is 0.823. The van der Waals surface area contributed by atoms with Gasteiger partial charge in [-0.2, -0.15) is 0 Å². The fourth-order valence-corrected chi connectivity index (χ4v) is 2.64. The number of nitrogens with one attached hydrogen (secondary N) is 1. The Morgan fingerprint density at radius 2 is 2.12 bits per heavy atom. The Balaban J connectivity index is 1.74. The molecular formula is C14H21ClN2. The minimum absolute atomic E-state index is 0.823. The van der Waals surface area contributed by atoms with Gasteiger partial charge in [0.15, 0.2) is 0 Å². The Hall–Kier alpha value is -0.570. The van der Waals surface area contributed by atoms with Crippen molar-refractivity contribution in [3.63, 3.8) is 0 Å². The van der Waals surface area contributed by atoms with E-state index in [1.807, 2.05) is 19.2 Å². The predicted molar refractivity (Wildman–Crippen MR) is 73.6 cm³/mol. The standard InChI is InChI=1S/C14H21ClN2/c1-16-10-13-7-9-17(11-13)8-6-12-2-4-14(15)5-3-12/h2-5,13,16H,6-11H2,1H3. The number of benzene rings is 1. The number of rotatable bonds is 5. The lowest BCUT2D eigenvalue weighted by molar-refractivity contribution is 0.327. The van der Waals surface area contributed by atoms with Gasteiger partial charge in [0, 0.05) is 18.1 Å². The van der Waals surface area contributed by atoms with Crippen LogP contribution in [0.3, 0.4) is 0 Å². The van der Waals surface area contributed by atoms with E-state index in [1.54, 1.807) is 0 Å². The highest BCUT2D eigenvalue weighted by Crippen LogP contribution is 2.16. The van der Waals surface area contributed by atoms with Crippen molar-refractivity contribution < 1.29 is 0 Å². The molecule has 1 saturated heterocycles. The molecule has 1 aromatic rings. The monoisotopic (exact) mass is 252 g/mol. The summed E-state index contributed by atoms with van der Waals surface area (Å²) >= 11 is 5.88. The van der Waals surface area contributed by atoms with Crippen molar-refractivity contribution in [3.05, 3.63) is 34.9 Å². The van der Waals surface area contributed by atoms with Gasteiger partial charge >= 0.3 is 0 Å². The molecule has 1 fully saturated rings. The maximum atomic E-state index is 5.88. The third kappa shape index (κ3) is 3.98. The maximum absolute atomic E-state index is 5.88. The number of hydrogen-bond donors (Lipinski definition) is 1. The van der Waals surface area contributed by atoms with E-state index in [1.165, 1.54) is 31.6 Å². The van der Waals surface area contributed by atoms with Crippen LogP contribution in [0.1, 0.15) is 12.0 Å². The zero-order valence-electron chi connectivity index (χ0n) is 10.5. The fourth-order valence-electron chi connectivity index (χ4n) is 2.51. The third-order valence-corrected chi connectivity index (χ3v) is 3.74. The van der Waals surface area contributed by atoms with E-state index in [9.17, 15) is 0 Å². The third-order valence-electron chi connectivity index (χ3n) is 3.49. The van der Waals surface area contributed by atoms with Crippen LogP contribution in [-0.4, -0.2) is 38.1 Å². The van der Waals surface area contributed by atoms with E-state index in [0.29, 0.717) is 0 Å². The lowest BCUT2D eigenvalue weighted by atomic mass is 10.1. The summed E-state index contributed by atoms with van der Waals surface area (Å²) < 4.78 is 0. The van der Waals surface area contributed by atoms with Crippen molar-refractivity contribution in [2.45, 2.75) is 12.8 Å². The molecule has 0 saturated carbocycles. The Kier molecular flexibility index (Phi) is 4.84. The lowest BCUT2D eigenvalue weighted by Gasteiger charge is -2.15. The van der Waals surface area contributed by atoms with Gasteiger partial charge in [-0.25, -0.2) is 0 Å². The number of likely N-dealkylation sites (tertiary alicyclic amines) is 1. The first kappa shape index (κ1) is 12.9. The fraction of sp³-hybridized carbons (Fsp3) is 0.571. The second-order valence-electron chi connectivity index (χ2n) is 4.89. The Morgan fingerprint density at radius 1 is 1.35 bits per heavy atom. The van der Waals surface area contributed by atoms with Gasteiger partial charge in [0.05, 0.1) is 0 Å². The molecule has 2 nitrogen and oxygen atoms in total. The van der Waals surface area contributed by atoms with Gasteiger partial charge in [0.25, 0.3) is 0 Å². The van der Waals surface area contributed by atoms with E-state index in [-0.39, 0.29) is 0 Å². The molecule has 1 aliphatic rings. The lowest BCUT2D eigenvalue weighted by Crippen LogP contribution is -2.26. The molecule has 94 valence electrons. The zero-order valence-corrected chi connectivity index (χ0v) is 11.2. The van der Waals surface area contributed by atoms with Crippen LogP contribution in [0, 0.1) is 5.92 Å². The van der Waals surface area contributed by atoms with Gasteiger partial charge in [0.2, 0.25) is 0 Å². The average Bonchev–Trinajstić information content (AvgIpc) is 2.77. The van der Waals surface area contributed by atoms with Crippen LogP contribution in [0.5, 0.6) is 0 Å². The SMILES string of the molecule is CNCC1CCN(CCc2ccc(Cl)cc2)C1. The number of hydrogen-bond acceptors (Lipinski definition) is 2. The largest absolute Gasteiger partial charge is 0.319 e. The van der Waals surface area contributed by atoms with Crippen LogP contribution in [0.15, 0.2) is 24.3 Å². The van der Waals surface area contributed by atoms with Crippen LogP contribution in [0.4, 0.5) is 0 Å². The predicted octanol–water partition coefficient (Wildman–Crippen LogP) is 2.42. The molecule has 3 heteroatoms. The molecule has 0 spiro atoms. The van der Waals surface area contributed by atoms with Crippen LogP contribution in [0.2, 0.25) is 5.02 Å². The van der Waals surface area contributed by atoms with Gasteiger partial charge in [-0.15, -0.1) is 0 Å². The van der Waals surface area contributed by atoms with Gasteiger partial charge in [-0.1, -0.05) is 23.7 Å². The molecule has 1 N–H and O–H groups in total. The summed E-state index contributed by atoms with van der Waals surface area (Å²) in [6, 6.07) is 8.21. The van der Waals surface area contributed by atoms with Crippen LogP contribution in [0.25, 0.3) is 0 Å². The highest BCUT2D eigenvalue weighted by atomic mass is 35.5. The van der Waals surface area contributed by atoms with Crippen molar-refractivity contribution in [2.75, 3.05) is 33.2 Å². The van der Waals surface area contributed by atoms with Crippen molar-refractivity contribution in [1.82, 2.24) is 10.2 Å². The topological polar surface area (TPSA) is 15.3 Å². The molecule has 1 aliphatic heterocycles. The van der Waals surface area contributed by atoms with Crippen LogP contribution >= 0.6 is 11.6 Å². The Labute approximate surface area is 109 Å². The molecule has 1 atom stereocenters. The zero-order chi connectivity index (χ0) is 12.1. The number of halogens is 1. The first-order valence-corrected chi connectivity index (χ1v) is 6.77. The first-order chi connectivity index (χ1) is 8.28. The molecule has 2 rings (SSSR count). The Morgan fingerprint density at radius 3 is 2.82 bits per heavy atom. The van der Waals surface area contributed by atoms with Crippen molar-refractivity contribution >= 4 is 11.6 Å². The van der Waals surface area contributed by atoms with Gasteiger partial charge in [-0.3, -0.25) is 0 Å². The van der Waals surface area contributed by atoms with E-state index in [0.717, 1.165) is 23.9 Å². The van der Waals surface area contributed by atoms with Gasteiger partial charge in [-0.05, 0) is 56.6 Å². The van der Waals surface area contributed by atoms with E-state index < -0.39 is 0 Å². The normalized spacial score (nSPS) is 20.9. The molecule has 1 aromatic carbocycles. The summed E-state index contributed by atoms with van der Waals surface area (Å²) in [4.78, 5) is 2.57. The molecular weight excluding hydrogens is 232 g/mol. The molecule has 0 aliphatic carbocycles. The highest BCUT2D eigenvalue weighted by molar-refractivity contribution is 6.30. The van der Waals surface area contributed by atoms with E-state index >= 15 is 0 Å². The summed E-state index contributed by atoms with van der Waals surface area (Å²) in [5.74, 6) is 0.838. The molecule has 17 heavy (non-hydrogen) atoms. The highest BCUT2D eigenvalue weighted by Gasteiger charge is 2.20. The molecule has 0 amide bonds. The Bertz CT molecular complexity index is 337. The second kappa shape index (κ2) is 6.39. The van der Waals surface area contributed by atoms with Crippen LogP contribution < -0.4 is 5.32 Å². The molecule has 0 radical (unpaired) electrons. The minimum Gasteiger partial charge on any atom is -0.319 e. The van der Waals surface area contributed by atoms with Crippen molar-refractivity contribution in [1.29, 1.82) is 0 Å². The smallest absolute Gasteiger partial charge is 0.0406 e. The van der Waals surface area contributed by atoms with Crippen LogP contribution in [-0.2, 0) is 6.42 Å². The van der Waals surface area contributed by atoms with Gasteiger partial charge in [0.1, 0.15) is 0 Å². The summed E-state index contributed by atoms with van der Waals surface area (Å²) in [5, 5.41) is 4.09. The van der Waals surface area contributed by atoms with E-state index in [4.69, 9.17) is 11.6 Å². The van der Waals surface area contributed by atoms with Gasteiger partial charge < -0.3 is 10.2 Å². The van der Waals surface area contributed by atoms with Crippen molar-refractivity contribution in [3.8, 4) is 0 Å². The second-order valence-corrected chi connectivity index (χ2v) is 5.33.